The number of benzene rings is 1. The van der Waals surface area contributed by atoms with Gasteiger partial charge in [0.1, 0.15) is 11.3 Å². The lowest BCUT2D eigenvalue weighted by Gasteiger charge is -2.11. The molecule has 23 heavy (non-hydrogen) atoms. The van der Waals surface area contributed by atoms with Gasteiger partial charge in [-0.2, -0.15) is 0 Å². The average molecular weight is 317 g/mol. The Kier molecular flexibility index (Phi) is 6.94. The Morgan fingerprint density at radius 3 is 2.78 bits per heavy atom. The number of aliphatic imine (C=N–C) groups is 1. The van der Waals surface area contributed by atoms with Crippen LogP contribution in [0.1, 0.15) is 31.1 Å². The molecule has 1 aromatic heterocycles. The summed E-state index contributed by atoms with van der Waals surface area (Å²) in [5.41, 5.74) is 2.10. The molecule has 0 fully saturated rings. The maximum atomic E-state index is 5.89. The van der Waals surface area contributed by atoms with Gasteiger partial charge in [0.05, 0.1) is 13.2 Å². The maximum Gasteiger partial charge on any atom is 0.191 e. The standard InChI is InChI=1S/C18H27N3O2/c1-4-5-11-22-12-10-20-18(19-3)21-13-17-14(2)15-8-6-7-9-16(15)23-17/h6-9H,4-5,10-13H2,1-3H3,(H2,19,20,21). The van der Waals surface area contributed by atoms with Gasteiger partial charge in [-0.1, -0.05) is 31.5 Å². The monoisotopic (exact) mass is 317 g/mol. The Morgan fingerprint density at radius 2 is 2.04 bits per heavy atom. The Balaban J connectivity index is 1.79. The zero-order chi connectivity index (χ0) is 16.5. The number of furan rings is 1. The number of aryl methyl sites for hydroxylation is 1. The first-order valence-corrected chi connectivity index (χ1v) is 8.25. The van der Waals surface area contributed by atoms with Crippen molar-refractivity contribution in [1.29, 1.82) is 0 Å². The van der Waals surface area contributed by atoms with Crippen molar-refractivity contribution in [2.75, 3.05) is 26.8 Å². The quantitative estimate of drug-likeness (QED) is 0.446. The first-order valence-electron chi connectivity index (χ1n) is 8.25. The molecular formula is C18H27N3O2. The number of fused-ring (bicyclic) bond motifs is 1. The van der Waals surface area contributed by atoms with Crippen LogP contribution in [-0.4, -0.2) is 32.8 Å². The first-order chi connectivity index (χ1) is 11.3. The molecule has 0 atom stereocenters. The fourth-order valence-electron chi connectivity index (χ4n) is 2.37. The van der Waals surface area contributed by atoms with E-state index in [1.54, 1.807) is 7.05 Å². The fourth-order valence-corrected chi connectivity index (χ4v) is 2.37. The van der Waals surface area contributed by atoms with Crippen LogP contribution in [0.3, 0.4) is 0 Å². The van der Waals surface area contributed by atoms with Gasteiger partial charge in [0, 0.05) is 31.1 Å². The normalized spacial score (nSPS) is 11.9. The summed E-state index contributed by atoms with van der Waals surface area (Å²) >= 11 is 0. The van der Waals surface area contributed by atoms with Gasteiger partial charge in [-0.25, -0.2) is 0 Å². The number of unbranched alkanes of at least 4 members (excludes halogenated alkanes) is 1. The predicted molar refractivity (Wildman–Crippen MR) is 94.9 cm³/mol. The van der Waals surface area contributed by atoms with E-state index in [-0.39, 0.29) is 0 Å². The zero-order valence-electron chi connectivity index (χ0n) is 14.3. The molecule has 0 saturated heterocycles. The van der Waals surface area contributed by atoms with Crippen LogP contribution >= 0.6 is 0 Å². The van der Waals surface area contributed by atoms with E-state index in [1.807, 2.05) is 18.2 Å². The number of hydrogen-bond acceptors (Lipinski definition) is 3. The van der Waals surface area contributed by atoms with Gasteiger partial charge in [0.25, 0.3) is 0 Å². The van der Waals surface area contributed by atoms with Crippen LogP contribution in [0, 0.1) is 6.92 Å². The molecule has 2 N–H and O–H groups in total. The van der Waals surface area contributed by atoms with Crippen molar-refractivity contribution in [1.82, 2.24) is 10.6 Å². The topological polar surface area (TPSA) is 58.8 Å². The molecule has 2 aromatic rings. The molecule has 0 amide bonds. The van der Waals surface area contributed by atoms with E-state index >= 15 is 0 Å². The van der Waals surface area contributed by atoms with E-state index in [1.165, 1.54) is 5.56 Å². The van der Waals surface area contributed by atoms with Gasteiger partial charge >= 0.3 is 0 Å². The summed E-state index contributed by atoms with van der Waals surface area (Å²) in [6, 6.07) is 8.09. The lowest BCUT2D eigenvalue weighted by molar-refractivity contribution is 0.136. The maximum absolute atomic E-state index is 5.89. The highest BCUT2D eigenvalue weighted by Crippen LogP contribution is 2.24. The fraction of sp³-hybridized carbons (Fsp3) is 0.500. The van der Waals surface area contributed by atoms with E-state index in [2.05, 4.69) is 35.5 Å². The van der Waals surface area contributed by atoms with E-state index in [0.717, 1.165) is 48.7 Å². The third kappa shape index (κ3) is 4.99. The molecule has 0 aliphatic carbocycles. The van der Waals surface area contributed by atoms with Crippen LogP contribution in [0.25, 0.3) is 11.0 Å². The molecule has 5 heteroatoms. The van der Waals surface area contributed by atoms with Crippen molar-refractivity contribution in [2.24, 2.45) is 4.99 Å². The third-order valence-electron chi connectivity index (χ3n) is 3.76. The summed E-state index contributed by atoms with van der Waals surface area (Å²) in [4.78, 5) is 4.22. The van der Waals surface area contributed by atoms with Crippen molar-refractivity contribution in [3.05, 3.63) is 35.6 Å². The molecule has 0 spiro atoms. The Hall–Kier alpha value is -2.01. The number of rotatable bonds is 8. The van der Waals surface area contributed by atoms with Crippen molar-refractivity contribution >= 4 is 16.9 Å². The second-order valence-corrected chi connectivity index (χ2v) is 5.46. The summed E-state index contributed by atoms with van der Waals surface area (Å²) in [5.74, 6) is 1.69. The summed E-state index contributed by atoms with van der Waals surface area (Å²) in [5, 5.41) is 7.68. The minimum Gasteiger partial charge on any atom is -0.459 e. The SMILES string of the molecule is CCCCOCCNC(=NC)NCc1oc2ccccc2c1C. The molecule has 1 heterocycles. The molecule has 126 valence electrons. The summed E-state index contributed by atoms with van der Waals surface area (Å²) in [6.45, 7) is 7.10. The molecule has 0 unspecified atom stereocenters. The second kappa shape index (κ2) is 9.20. The summed E-state index contributed by atoms with van der Waals surface area (Å²) in [6.07, 6.45) is 2.27. The van der Waals surface area contributed by atoms with E-state index in [9.17, 15) is 0 Å². The highest BCUT2D eigenvalue weighted by atomic mass is 16.5. The largest absolute Gasteiger partial charge is 0.459 e. The van der Waals surface area contributed by atoms with Gasteiger partial charge in [0.15, 0.2) is 5.96 Å². The third-order valence-corrected chi connectivity index (χ3v) is 3.76. The zero-order valence-corrected chi connectivity index (χ0v) is 14.3. The number of nitrogens with one attached hydrogen (secondary N) is 2. The van der Waals surface area contributed by atoms with Gasteiger partial charge in [0.2, 0.25) is 0 Å². The smallest absolute Gasteiger partial charge is 0.191 e. The Morgan fingerprint density at radius 1 is 1.22 bits per heavy atom. The minimum atomic E-state index is 0.608. The first kappa shape index (κ1) is 17.3. The lowest BCUT2D eigenvalue weighted by Crippen LogP contribution is -2.38. The highest BCUT2D eigenvalue weighted by Gasteiger charge is 2.10. The molecule has 0 aliphatic rings. The van der Waals surface area contributed by atoms with E-state index in [0.29, 0.717) is 13.2 Å². The number of guanidine groups is 1. The highest BCUT2D eigenvalue weighted by molar-refractivity contribution is 5.82. The van der Waals surface area contributed by atoms with Crippen LogP contribution in [-0.2, 0) is 11.3 Å². The van der Waals surface area contributed by atoms with Gasteiger partial charge < -0.3 is 19.8 Å². The van der Waals surface area contributed by atoms with Gasteiger partial charge in [-0.3, -0.25) is 4.99 Å². The number of ether oxygens (including phenoxy) is 1. The van der Waals surface area contributed by atoms with Crippen molar-refractivity contribution < 1.29 is 9.15 Å². The molecule has 0 aliphatic heterocycles. The number of para-hydroxylation sites is 1. The predicted octanol–water partition coefficient (Wildman–Crippen LogP) is 3.22. The molecule has 0 saturated carbocycles. The molecule has 0 bridgehead atoms. The van der Waals surface area contributed by atoms with Crippen LogP contribution in [0.5, 0.6) is 0 Å². The van der Waals surface area contributed by atoms with Crippen molar-refractivity contribution in [3.63, 3.8) is 0 Å². The van der Waals surface area contributed by atoms with E-state index in [4.69, 9.17) is 9.15 Å². The van der Waals surface area contributed by atoms with Gasteiger partial charge in [-0.15, -0.1) is 0 Å². The van der Waals surface area contributed by atoms with Crippen molar-refractivity contribution in [2.45, 2.75) is 33.2 Å². The second-order valence-electron chi connectivity index (χ2n) is 5.46. The minimum absolute atomic E-state index is 0.608. The molecule has 1 aromatic carbocycles. The number of nitrogens with zero attached hydrogens (tertiary/aromatic N) is 1. The van der Waals surface area contributed by atoms with Crippen LogP contribution in [0.15, 0.2) is 33.7 Å². The Bertz CT molecular complexity index is 634. The van der Waals surface area contributed by atoms with Crippen LogP contribution in [0.2, 0.25) is 0 Å². The Labute approximate surface area is 138 Å². The van der Waals surface area contributed by atoms with Gasteiger partial charge in [-0.05, 0) is 19.4 Å². The molecule has 5 nitrogen and oxygen atoms in total. The molecular weight excluding hydrogens is 290 g/mol. The summed E-state index contributed by atoms with van der Waals surface area (Å²) < 4.78 is 11.4. The molecule has 0 radical (unpaired) electrons. The van der Waals surface area contributed by atoms with E-state index < -0.39 is 0 Å². The summed E-state index contributed by atoms with van der Waals surface area (Å²) in [7, 11) is 1.76. The van der Waals surface area contributed by atoms with Crippen LogP contribution in [0.4, 0.5) is 0 Å². The molecule has 2 rings (SSSR count). The van der Waals surface area contributed by atoms with Crippen molar-refractivity contribution in [3.8, 4) is 0 Å². The van der Waals surface area contributed by atoms with Crippen LogP contribution < -0.4 is 10.6 Å². The average Bonchev–Trinajstić information content (AvgIpc) is 2.90. The number of hydrogen-bond donors (Lipinski definition) is 2. The lowest BCUT2D eigenvalue weighted by atomic mass is 10.1.